The molecule has 0 N–H and O–H groups in total. The minimum atomic E-state index is -0.466. The molecule has 29 heavy (non-hydrogen) atoms. The molecule has 0 aliphatic rings. The largest absolute Gasteiger partial charge is 0.497 e. The van der Waals surface area contributed by atoms with Crippen molar-refractivity contribution in [3.05, 3.63) is 84.4 Å². The van der Waals surface area contributed by atoms with E-state index in [0.717, 1.165) is 27.8 Å². The number of esters is 1. The van der Waals surface area contributed by atoms with Gasteiger partial charge >= 0.3 is 5.97 Å². The summed E-state index contributed by atoms with van der Waals surface area (Å²) in [6.45, 7) is 0.0244. The number of aromatic nitrogens is 2. The number of hydrogen-bond donors (Lipinski definition) is 0. The number of fused-ring (bicyclic) bond motifs is 1. The molecule has 0 fully saturated rings. The summed E-state index contributed by atoms with van der Waals surface area (Å²) >= 11 is 0. The second kappa shape index (κ2) is 8.39. The van der Waals surface area contributed by atoms with E-state index in [4.69, 9.17) is 13.9 Å². The quantitative estimate of drug-likeness (QED) is 0.355. The molecule has 2 aromatic heterocycles. The summed E-state index contributed by atoms with van der Waals surface area (Å²) < 4.78 is 15.9. The van der Waals surface area contributed by atoms with E-state index < -0.39 is 5.97 Å². The van der Waals surface area contributed by atoms with Crippen molar-refractivity contribution in [1.82, 2.24) is 9.97 Å². The number of oxazole rings is 1. The Kier molecular flexibility index (Phi) is 5.33. The number of methoxy groups -OCH3 is 1. The third-order valence-electron chi connectivity index (χ3n) is 4.31. The molecular formula is C23H18N2O4. The zero-order chi connectivity index (χ0) is 20.1. The van der Waals surface area contributed by atoms with Crippen LogP contribution in [0, 0.1) is 0 Å². The molecule has 0 spiro atoms. The lowest BCUT2D eigenvalue weighted by Crippen LogP contribution is -2.01. The number of ether oxygens (including phenoxy) is 2. The summed E-state index contributed by atoms with van der Waals surface area (Å²) in [5.41, 5.74) is 3.03. The lowest BCUT2D eigenvalue weighted by Gasteiger charge is -2.01. The van der Waals surface area contributed by atoms with Crippen molar-refractivity contribution in [2.75, 3.05) is 7.11 Å². The Morgan fingerprint density at radius 1 is 1.10 bits per heavy atom. The van der Waals surface area contributed by atoms with Gasteiger partial charge in [-0.1, -0.05) is 24.3 Å². The highest BCUT2D eigenvalue weighted by Crippen LogP contribution is 2.22. The normalized spacial score (nSPS) is 11.1. The summed E-state index contributed by atoms with van der Waals surface area (Å²) in [4.78, 5) is 20.8. The van der Waals surface area contributed by atoms with Gasteiger partial charge in [-0.25, -0.2) is 9.78 Å². The van der Waals surface area contributed by atoms with Crippen molar-refractivity contribution in [2.24, 2.45) is 0 Å². The molecule has 4 rings (SSSR count). The lowest BCUT2D eigenvalue weighted by molar-refractivity contribution is -0.139. The Hall–Kier alpha value is -3.93. The van der Waals surface area contributed by atoms with E-state index >= 15 is 0 Å². The first-order chi connectivity index (χ1) is 14.2. The highest BCUT2D eigenvalue weighted by molar-refractivity contribution is 5.92. The van der Waals surface area contributed by atoms with E-state index in [2.05, 4.69) is 9.97 Å². The minimum Gasteiger partial charge on any atom is -0.497 e. The first kappa shape index (κ1) is 18.4. The van der Waals surface area contributed by atoms with Crippen molar-refractivity contribution >= 4 is 22.9 Å². The van der Waals surface area contributed by atoms with Gasteiger partial charge in [-0.2, -0.15) is 0 Å². The first-order valence-corrected chi connectivity index (χ1v) is 9.00. The average molecular weight is 386 g/mol. The number of benzene rings is 2. The van der Waals surface area contributed by atoms with Crippen LogP contribution in [0.15, 0.2) is 77.6 Å². The molecule has 2 aromatic carbocycles. The van der Waals surface area contributed by atoms with Gasteiger partial charge in [0.2, 0.25) is 5.89 Å². The van der Waals surface area contributed by atoms with Crippen molar-refractivity contribution < 1.29 is 18.7 Å². The van der Waals surface area contributed by atoms with Gasteiger partial charge in [0, 0.05) is 28.8 Å². The van der Waals surface area contributed by atoms with Crippen LogP contribution >= 0.6 is 0 Å². The van der Waals surface area contributed by atoms with Crippen molar-refractivity contribution in [1.29, 1.82) is 0 Å². The molecule has 0 aliphatic heterocycles. The van der Waals surface area contributed by atoms with E-state index in [0.29, 0.717) is 11.6 Å². The van der Waals surface area contributed by atoms with Crippen molar-refractivity contribution in [2.45, 2.75) is 6.61 Å². The topological polar surface area (TPSA) is 74.5 Å². The van der Waals surface area contributed by atoms with Gasteiger partial charge in [0.05, 0.1) is 12.6 Å². The fourth-order valence-electron chi connectivity index (χ4n) is 2.85. The van der Waals surface area contributed by atoms with Crippen LogP contribution in [0.4, 0.5) is 0 Å². The molecule has 0 amide bonds. The third kappa shape index (κ3) is 4.32. The Balaban J connectivity index is 1.38. The SMILES string of the molecule is COc1ccc(-c2nc(COC(=O)/C=C/c3cccc4cccnc34)co2)cc1. The van der Waals surface area contributed by atoms with Crippen LogP contribution in [0.2, 0.25) is 0 Å². The Morgan fingerprint density at radius 3 is 2.76 bits per heavy atom. The molecule has 6 nitrogen and oxygen atoms in total. The van der Waals surface area contributed by atoms with E-state index in [-0.39, 0.29) is 6.61 Å². The first-order valence-electron chi connectivity index (χ1n) is 9.00. The summed E-state index contributed by atoms with van der Waals surface area (Å²) in [5, 5.41) is 1.01. The van der Waals surface area contributed by atoms with Crippen LogP contribution in [0.25, 0.3) is 28.4 Å². The summed E-state index contributed by atoms with van der Waals surface area (Å²) in [6, 6.07) is 17.0. The monoisotopic (exact) mass is 386 g/mol. The predicted octanol–water partition coefficient (Wildman–Crippen LogP) is 4.66. The molecule has 0 atom stereocenters. The fourth-order valence-corrected chi connectivity index (χ4v) is 2.85. The second-order valence-electron chi connectivity index (χ2n) is 6.24. The van der Waals surface area contributed by atoms with E-state index in [9.17, 15) is 4.79 Å². The van der Waals surface area contributed by atoms with Gasteiger partial charge < -0.3 is 13.9 Å². The van der Waals surface area contributed by atoms with E-state index in [1.807, 2.05) is 54.6 Å². The molecule has 2 heterocycles. The summed E-state index contributed by atoms with van der Waals surface area (Å²) in [7, 11) is 1.61. The van der Waals surface area contributed by atoms with Crippen molar-refractivity contribution in [3.8, 4) is 17.2 Å². The highest BCUT2D eigenvalue weighted by atomic mass is 16.5. The van der Waals surface area contributed by atoms with Crippen LogP contribution in [-0.4, -0.2) is 23.0 Å². The molecule has 6 heteroatoms. The lowest BCUT2D eigenvalue weighted by atomic mass is 10.1. The molecule has 144 valence electrons. The maximum Gasteiger partial charge on any atom is 0.331 e. The van der Waals surface area contributed by atoms with Gasteiger partial charge in [-0.3, -0.25) is 4.98 Å². The fraction of sp³-hybridized carbons (Fsp3) is 0.0870. The Labute approximate surface area is 167 Å². The molecule has 4 aromatic rings. The number of pyridine rings is 1. The van der Waals surface area contributed by atoms with Gasteiger partial charge in [0.1, 0.15) is 24.3 Å². The van der Waals surface area contributed by atoms with Crippen LogP contribution in [0.1, 0.15) is 11.3 Å². The molecule has 0 bridgehead atoms. The van der Waals surface area contributed by atoms with Crippen LogP contribution in [0.5, 0.6) is 5.75 Å². The zero-order valence-corrected chi connectivity index (χ0v) is 15.7. The number of hydrogen-bond acceptors (Lipinski definition) is 6. The molecular weight excluding hydrogens is 368 g/mol. The Bertz CT molecular complexity index is 1160. The van der Waals surface area contributed by atoms with E-state index in [1.54, 1.807) is 19.4 Å². The smallest absolute Gasteiger partial charge is 0.331 e. The maximum atomic E-state index is 12.1. The average Bonchev–Trinajstić information content (AvgIpc) is 3.25. The maximum absolute atomic E-state index is 12.1. The third-order valence-corrected chi connectivity index (χ3v) is 4.31. The molecule has 0 radical (unpaired) electrons. The molecule has 0 saturated heterocycles. The van der Waals surface area contributed by atoms with Gasteiger partial charge in [0.25, 0.3) is 0 Å². The summed E-state index contributed by atoms with van der Waals surface area (Å²) in [6.07, 6.45) is 6.28. The number of carbonyl (C=O) groups is 1. The van der Waals surface area contributed by atoms with Crippen LogP contribution < -0.4 is 4.74 Å². The molecule has 0 saturated carbocycles. The number of carbonyl (C=O) groups excluding carboxylic acids is 1. The number of para-hydroxylation sites is 1. The van der Waals surface area contributed by atoms with Gasteiger partial charge in [-0.05, 0) is 36.4 Å². The Morgan fingerprint density at radius 2 is 1.93 bits per heavy atom. The number of rotatable bonds is 6. The van der Waals surface area contributed by atoms with Gasteiger partial charge in [0.15, 0.2) is 0 Å². The zero-order valence-electron chi connectivity index (χ0n) is 15.7. The van der Waals surface area contributed by atoms with E-state index in [1.165, 1.54) is 12.3 Å². The highest BCUT2D eigenvalue weighted by Gasteiger charge is 2.09. The van der Waals surface area contributed by atoms with Crippen molar-refractivity contribution in [3.63, 3.8) is 0 Å². The van der Waals surface area contributed by atoms with Gasteiger partial charge in [-0.15, -0.1) is 0 Å². The predicted molar refractivity (Wildman–Crippen MR) is 109 cm³/mol. The molecule has 0 unspecified atom stereocenters. The minimum absolute atomic E-state index is 0.0244. The second-order valence-corrected chi connectivity index (χ2v) is 6.24. The standard InChI is InChI=1S/C23H18N2O4/c1-27-20-10-7-18(8-11-20)23-25-19(15-29-23)14-28-21(26)12-9-17-5-2-4-16-6-3-13-24-22(16)17/h2-13,15H,14H2,1H3/b12-9+. The molecule has 0 aliphatic carbocycles. The van der Waals surface area contributed by atoms with Crippen LogP contribution in [-0.2, 0) is 16.1 Å². The summed E-state index contributed by atoms with van der Waals surface area (Å²) in [5.74, 6) is 0.741. The van der Waals surface area contributed by atoms with Crippen LogP contribution in [0.3, 0.4) is 0 Å². The number of nitrogens with zero attached hydrogens (tertiary/aromatic N) is 2.